The van der Waals surface area contributed by atoms with Crippen LogP contribution in [0.15, 0.2) is 0 Å². The fraction of sp³-hybridized carbons (Fsp3) is 0.889. The highest BCUT2D eigenvalue weighted by molar-refractivity contribution is 5.77. The largest absolute Gasteiger partial charge is 0.358 e. The Hall–Kier alpha value is -0.610. The summed E-state index contributed by atoms with van der Waals surface area (Å²) in [5.74, 6) is 0.0609. The van der Waals surface area contributed by atoms with Gasteiger partial charge in [0.15, 0.2) is 0 Å². The molecule has 0 aliphatic rings. The van der Waals surface area contributed by atoms with Gasteiger partial charge in [-0.3, -0.25) is 9.69 Å². The number of likely N-dealkylation sites (N-methyl/N-ethyl adjacent to an activating group) is 2. The van der Waals surface area contributed by atoms with Crippen LogP contribution in [-0.2, 0) is 4.79 Å². The summed E-state index contributed by atoms with van der Waals surface area (Å²) in [6.07, 6.45) is 0.935. The first-order valence-corrected chi connectivity index (χ1v) is 4.80. The molecule has 13 heavy (non-hydrogen) atoms. The molecular formula is C9H21N3O. The van der Waals surface area contributed by atoms with Crippen LogP contribution in [0.4, 0.5) is 0 Å². The van der Waals surface area contributed by atoms with Crippen LogP contribution >= 0.6 is 0 Å². The molecule has 0 aromatic rings. The zero-order valence-electron chi connectivity index (χ0n) is 8.84. The maximum absolute atomic E-state index is 11.1. The molecule has 0 aromatic carbocycles. The van der Waals surface area contributed by atoms with Crippen LogP contribution in [0.5, 0.6) is 0 Å². The highest BCUT2D eigenvalue weighted by Crippen LogP contribution is 2.01. The van der Waals surface area contributed by atoms with Gasteiger partial charge in [0, 0.05) is 13.1 Å². The fourth-order valence-corrected chi connectivity index (χ4v) is 1.27. The van der Waals surface area contributed by atoms with E-state index in [4.69, 9.17) is 5.73 Å². The second-order valence-corrected chi connectivity index (χ2v) is 3.16. The third kappa shape index (κ3) is 4.85. The van der Waals surface area contributed by atoms with Gasteiger partial charge in [-0.15, -0.1) is 0 Å². The van der Waals surface area contributed by atoms with E-state index < -0.39 is 0 Å². The second kappa shape index (κ2) is 6.86. The summed E-state index contributed by atoms with van der Waals surface area (Å²) in [6.45, 7) is 6.17. The summed E-state index contributed by atoms with van der Waals surface area (Å²) in [5.41, 5.74) is 5.46. The molecule has 0 rings (SSSR count). The summed E-state index contributed by atoms with van der Waals surface area (Å²) in [5, 5.41) is 2.61. The number of carbonyl (C=O) groups excluding carboxylic acids is 1. The van der Waals surface area contributed by atoms with Gasteiger partial charge in [-0.2, -0.15) is 0 Å². The van der Waals surface area contributed by atoms with E-state index in [1.165, 1.54) is 0 Å². The molecule has 0 saturated carbocycles. The van der Waals surface area contributed by atoms with Gasteiger partial charge in [-0.05, 0) is 26.4 Å². The Morgan fingerprint density at radius 2 is 2.23 bits per heavy atom. The van der Waals surface area contributed by atoms with Crippen molar-refractivity contribution in [2.75, 3.05) is 26.7 Å². The lowest BCUT2D eigenvalue weighted by Gasteiger charge is -2.26. The molecule has 0 heterocycles. The predicted octanol–water partition coefficient (Wildman–Crippen LogP) is -0.208. The molecular weight excluding hydrogens is 166 g/mol. The molecule has 1 unspecified atom stereocenters. The highest BCUT2D eigenvalue weighted by atomic mass is 16.1. The van der Waals surface area contributed by atoms with Crippen molar-refractivity contribution in [3.8, 4) is 0 Å². The van der Waals surface area contributed by atoms with E-state index in [0.29, 0.717) is 19.1 Å². The normalized spacial score (nSPS) is 13.0. The van der Waals surface area contributed by atoms with Crippen LogP contribution in [0.3, 0.4) is 0 Å². The summed E-state index contributed by atoms with van der Waals surface area (Å²) in [6, 6.07) is 0.382. The van der Waals surface area contributed by atoms with Crippen molar-refractivity contribution in [1.82, 2.24) is 10.2 Å². The van der Waals surface area contributed by atoms with Crippen molar-refractivity contribution in [3.63, 3.8) is 0 Å². The monoisotopic (exact) mass is 187 g/mol. The van der Waals surface area contributed by atoms with Gasteiger partial charge in [0.1, 0.15) is 0 Å². The minimum absolute atomic E-state index is 0.0609. The summed E-state index contributed by atoms with van der Waals surface area (Å²) in [4.78, 5) is 13.2. The molecule has 3 N–H and O–H groups in total. The molecule has 0 aliphatic carbocycles. The maximum atomic E-state index is 11.1. The minimum Gasteiger partial charge on any atom is -0.358 e. The van der Waals surface area contributed by atoms with E-state index in [-0.39, 0.29) is 5.91 Å². The van der Waals surface area contributed by atoms with Gasteiger partial charge < -0.3 is 11.1 Å². The molecule has 1 amide bonds. The van der Waals surface area contributed by atoms with Crippen molar-refractivity contribution < 1.29 is 4.79 Å². The van der Waals surface area contributed by atoms with Crippen LogP contribution in [0.2, 0.25) is 0 Å². The van der Waals surface area contributed by atoms with Gasteiger partial charge in [0.05, 0.1) is 6.54 Å². The molecule has 4 nitrogen and oxygen atoms in total. The Morgan fingerprint density at radius 1 is 1.62 bits per heavy atom. The van der Waals surface area contributed by atoms with E-state index >= 15 is 0 Å². The van der Waals surface area contributed by atoms with Gasteiger partial charge in [-0.25, -0.2) is 0 Å². The number of amides is 1. The number of nitrogens with two attached hydrogens (primary N) is 1. The van der Waals surface area contributed by atoms with Crippen molar-refractivity contribution in [2.24, 2.45) is 5.73 Å². The molecule has 0 aliphatic heterocycles. The second-order valence-electron chi connectivity index (χ2n) is 3.16. The van der Waals surface area contributed by atoms with E-state index in [9.17, 15) is 4.79 Å². The Balaban J connectivity index is 3.93. The lowest BCUT2D eigenvalue weighted by Crippen LogP contribution is -2.41. The predicted molar refractivity (Wildman–Crippen MR) is 54.4 cm³/mol. The Morgan fingerprint density at radius 3 is 2.62 bits per heavy atom. The van der Waals surface area contributed by atoms with Crippen LogP contribution in [-0.4, -0.2) is 43.5 Å². The SMILES string of the molecule is CCN(CC(=O)NC)C(C)CCN. The van der Waals surface area contributed by atoms with E-state index in [0.717, 1.165) is 13.0 Å². The molecule has 0 fully saturated rings. The van der Waals surface area contributed by atoms with Crippen molar-refractivity contribution in [2.45, 2.75) is 26.3 Å². The molecule has 4 heteroatoms. The summed E-state index contributed by atoms with van der Waals surface area (Å²) < 4.78 is 0. The minimum atomic E-state index is 0.0609. The maximum Gasteiger partial charge on any atom is 0.233 e. The number of hydrogen-bond acceptors (Lipinski definition) is 3. The molecule has 1 atom stereocenters. The van der Waals surface area contributed by atoms with E-state index in [2.05, 4.69) is 24.1 Å². The van der Waals surface area contributed by atoms with Gasteiger partial charge >= 0.3 is 0 Å². The average Bonchev–Trinajstić information content (AvgIpc) is 2.14. The molecule has 0 spiro atoms. The molecule has 0 radical (unpaired) electrons. The first-order valence-electron chi connectivity index (χ1n) is 4.80. The van der Waals surface area contributed by atoms with Crippen LogP contribution in [0.25, 0.3) is 0 Å². The smallest absolute Gasteiger partial charge is 0.233 e. The van der Waals surface area contributed by atoms with Crippen LogP contribution in [0, 0.1) is 0 Å². The number of hydrogen-bond donors (Lipinski definition) is 2. The zero-order chi connectivity index (χ0) is 10.3. The number of rotatable bonds is 6. The van der Waals surface area contributed by atoms with E-state index in [1.54, 1.807) is 7.05 Å². The highest BCUT2D eigenvalue weighted by Gasteiger charge is 2.13. The lowest BCUT2D eigenvalue weighted by molar-refractivity contribution is -0.122. The number of nitrogens with zero attached hydrogens (tertiary/aromatic N) is 1. The third-order valence-electron chi connectivity index (χ3n) is 2.24. The Bertz CT molecular complexity index is 150. The van der Waals surface area contributed by atoms with Crippen LogP contribution in [0.1, 0.15) is 20.3 Å². The molecule has 0 saturated heterocycles. The van der Waals surface area contributed by atoms with Gasteiger partial charge in [-0.1, -0.05) is 6.92 Å². The third-order valence-corrected chi connectivity index (χ3v) is 2.24. The van der Waals surface area contributed by atoms with Crippen molar-refractivity contribution in [3.05, 3.63) is 0 Å². The summed E-state index contributed by atoms with van der Waals surface area (Å²) >= 11 is 0. The summed E-state index contributed by atoms with van der Waals surface area (Å²) in [7, 11) is 1.66. The standard InChI is InChI=1S/C9H21N3O/c1-4-12(7-9(13)11-3)8(2)5-6-10/h8H,4-7,10H2,1-3H3,(H,11,13). The first-order chi connectivity index (χ1) is 6.15. The van der Waals surface area contributed by atoms with Gasteiger partial charge in [0.25, 0.3) is 0 Å². The quantitative estimate of drug-likeness (QED) is 0.605. The average molecular weight is 187 g/mol. The Kier molecular flexibility index (Phi) is 6.54. The zero-order valence-corrected chi connectivity index (χ0v) is 8.84. The molecule has 0 bridgehead atoms. The molecule has 78 valence electrons. The van der Waals surface area contributed by atoms with Crippen LogP contribution < -0.4 is 11.1 Å². The fourth-order valence-electron chi connectivity index (χ4n) is 1.27. The lowest BCUT2D eigenvalue weighted by atomic mass is 10.2. The first kappa shape index (κ1) is 12.4. The Labute approximate surface area is 80.5 Å². The van der Waals surface area contributed by atoms with E-state index in [1.807, 2.05) is 0 Å². The van der Waals surface area contributed by atoms with Crippen molar-refractivity contribution in [1.29, 1.82) is 0 Å². The number of nitrogens with one attached hydrogen (secondary N) is 1. The van der Waals surface area contributed by atoms with Crippen molar-refractivity contribution >= 4 is 5.91 Å². The topological polar surface area (TPSA) is 58.4 Å². The van der Waals surface area contributed by atoms with Gasteiger partial charge in [0.2, 0.25) is 5.91 Å². The number of carbonyl (C=O) groups is 1. The molecule has 0 aromatic heterocycles.